The highest BCUT2D eigenvalue weighted by Gasteiger charge is 2.31. The van der Waals surface area contributed by atoms with Gasteiger partial charge < -0.3 is 23.8 Å². The number of ether oxygens (including phenoxy) is 4. The van der Waals surface area contributed by atoms with Crippen molar-refractivity contribution in [1.82, 2.24) is 14.5 Å². The second kappa shape index (κ2) is 8.23. The van der Waals surface area contributed by atoms with Crippen LogP contribution in [0.2, 0.25) is 0 Å². The molecule has 1 N–H and O–H groups in total. The average molecular weight is 415 g/mol. The van der Waals surface area contributed by atoms with E-state index in [-0.39, 0.29) is 5.56 Å². The molecule has 2 aromatic rings. The fourth-order valence-electron chi connectivity index (χ4n) is 3.71. The number of methoxy groups -OCH3 is 3. The Morgan fingerprint density at radius 2 is 1.83 bits per heavy atom. The molecule has 10 heteroatoms. The van der Waals surface area contributed by atoms with Gasteiger partial charge in [-0.1, -0.05) is 0 Å². The third-order valence-corrected chi connectivity index (χ3v) is 5.12. The molecule has 1 fully saturated rings. The maximum atomic E-state index is 12.9. The molecule has 1 atom stereocenters. The van der Waals surface area contributed by atoms with E-state index in [1.54, 1.807) is 34.3 Å². The number of rotatable bonds is 4. The summed E-state index contributed by atoms with van der Waals surface area (Å²) in [5.41, 5.74) is 1.08. The third kappa shape index (κ3) is 3.43. The van der Waals surface area contributed by atoms with Gasteiger partial charge in [-0.25, -0.2) is 9.98 Å². The van der Waals surface area contributed by atoms with Crippen molar-refractivity contribution in [3.05, 3.63) is 39.8 Å². The van der Waals surface area contributed by atoms with Crippen molar-refractivity contribution in [3.63, 3.8) is 0 Å². The van der Waals surface area contributed by atoms with Crippen LogP contribution in [0.15, 0.2) is 28.0 Å². The standard InChI is InChI=1S/C20H25N5O5/c1-12-11-15(26)25-18(13-5-6-14(27-2)17(29-4)16(13)28-3)22-19(23-20(25)21-12)24-7-9-30-10-8-24/h5-6,11,18H,7-10H2,1-4H3,(H,21,22,23)/t18-/m0/s1. The number of hydrogen-bond acceptors (Lipinski definition) is 9. The summed E-state index contributed by atoms with van der Waals surface area (Å²) in [5.74, 6) is 2.48. The largest absolute Gasteiger partial charge is 0.493 e. The Kier molecular flexibility index (Phi) is 5.49. The summed E-state index contributed by atoms with van der Waals surface area (Å²) in [6.07, 6.45) is -0.686. The number of morpholine rings is 1. The Bertz CT molecular complexity index is 1030. The van der Waals surface area contributed by atoms with Crippen LogP contribution in [-0.4, -0.2) is 68.0 Å². The molecule has 1 saturated heterocycles. The van der Waals surface area contributed by atoms with E-state index in [0.29, 0.717) is 66.7 Å². The van der Waals surface area contributed by atoms with E-state index in [1.807, 2.05) is 6.07 Å². The van der Waals surface area contributed by atoms with Gasteiger partial charge >= 0.3 is 0 Å². The van der Waals surface area contributed by atoms with Gasteiger partial charge in [0, 0.05) is 30.4 Å². The maximum absolute atomic E-state index is 12.9. The van der Waals surface area contributed by atoms with Crippen molar-refractivity contribution < 1.29 is 18.9 Å². The molecule has 2 aliphatic heterocycles. The van der Waals surface area contributed by atoms with Gasteiger partial charge in [0.05, 0.1) is 34.5 Å². The Morgan fingerprint density at radius 1 is 1.10 bits per heavy atom. The number of nitrogens with one attached hydrogen (secondary N) is 1. The van der Waals surface area contributed by atoms with Crippen LogP contribution in [0.25, 0.3) is 0 Å². The first-order chi connectivity index (χ1) is 14.6. The SMILES string of the molecule is COc1ccc([C@H]2N=C(N3CCOCC3)Nc3nc(C)cc(=O)n32)c(OC)c1OC. The van der Waals surface area contributed by atoms with Gasteiger partial charge in [-0.05, 0) is 19.1 Å². The van der Waals surface area contributed by atoms with Gasteiger partial charge in [0.2, 0.25) is 17.7 Å². The first-order valence-corrected chi connectivity index (χ1v) is 9.64. The van der Waals surface area contributed by atoms with E-state index >= 15 is 0 Å². The van der Waals surface area contributed by atoms with Gasteiger partial charge in [-0.2, -0.15) is 0 Å². The van der Waals surface area contributed by atoms with E-state index in [4.69, 9.17) is 23.9 Å². The summed E-state index contributed by atoms with van der Waals surface area (Å²) in [6, 6.07) is 5.09. The molecule has 0 spiro atoms. The van der Waals surface area contributed by atoms with Gasteiger partial charge in [0.15, 0.2) is 17.7 Å². The Hall–Kier alpha value is -3.27. The summed E-state index contributed by atoms with van der Waals surface area (Å²) in [5, 5.41) is 3.21. The van der Waals surface area contributed by atoms with Gasteiger partial charge in [0.1, 0.15) is 0 Å². The van der Waals surface area contributed by atoms with E-state index in [1.165, 1.54) is 10.6 Å². The van der Waals surface area contributed by atoms with Crippen LogP contribution >= 0.6 is 0 Å². The van der Waals surface area contributed by atoms with E-state index in [0.717, 1.165) is 0 Å². The Labute approximate surface area is 174 Å². The molecule has 0 amide bonds. The lowest BCUT2D eigenvalue weighted by Gasteiger charge is -2.35. The van der Waals surface area contributed by atoms with Crippen LogP contribution in [-0.2, 0) is 4.74 Å². The zero-order valence-electron chi connectivity index (χ0n) is 17.5. The third-order valence-electron chi connectivity index (χ3n) is 5.12. The maximum Gasteiger partial charge on any atom is 0.257 e. The minimum atomic E-state index is -0.686. The first-order valence-electron chi connectivity index (χ1n) is 9.64. The molecule has 1 aromatic heterocycles. The number of aliphatic imine (C=N–C) groups is 1. The van der Waals surface area contributed by atoms with Crippen LogP contribution in [0.5, 0.6) is 17.2 Å². The topological polar surface area (TPSA) is 99.4 Å². The van der Waals surface area contributed by atoms with E-state index in [2.05, 4.69) is 15.2 Å². The monoisotopic (exact) mass is 415 g/mol. The number of aromatic nitrogens is 2. The smallest absolute Gasteiger partial charge is 0.257 e. The molecule has 2 aliphatic rings. The summed E-state index contributed by atoms with van der Waals surface area (Å²) < 4.78 is 23.5. The predicted molar refractivity (Wildman–Crippen MR) is 111 cm³/mol. The van der Waals surface area contributed by atoms with Crippen LogP contribution in [0.1, 0.15) is 17.4 Å². The molecular weight excluding hydrogens is 390 g/mol. The van der Waals surface area contributed by atoms with Gasteiger partial charge in [-0.3, -0.25) is 14.7 Å². The van der Waals surface area contributed by atoms with Crippen molar-refractivity contribution in [2.45, 2.75) is 13.1 Å². The molecule has 4 rings (SSSR count). The fourth-order valence-corrected chi connectivity index (χ4v) is 3.71. The molecule has 30 heavy (non-hydrogen) atoms. The molecule has 3 heterocycles. The molecule has 160 valence electrons. The highest BCUT2D eigenvalue weighted by Crippen LogP contribution is 2.44. The molecule has 1 aromatic carbocycles. The minimum absolute atomic E-state index is 0.211. The summed E-state index contributed by atoms with van der Waals surface area (Å²) in [6.45, 7) is 4.39. The average Bonchev–Trinajstić information content (AvgIpc) is 2.77. The fraction of sp³-hybridized carbons (Fsp3) is 0.450. The zero-order valence-corrected chi connectivity index (χ0v) is 17.5. The lowest BCUT2D eigenvalue weighted by atomic mass is 10.1. The van der Waals surface area contributed by atoms with Crippen LogP contribution in [0.3, 0.4) is 0 Å². The lowest BCUT2D eigenvalue weighted by Crippen LogP contribution is -2.47. The molecular formula is C20H25N5O5. The molecule has 0 aliphatic carbocycles. The summed E-state index contributed by atoms with van der Waals surface area (Å²) >= 11 is 0. The highest BCUT2D eigenvalue weighted by atomic mass is 16.5. The number of benzene rings is 1. The molecule has 0 saturated carbocycles. The normalized spacial score (nSPS) is 18.2. The molecule has 0 bridgehead atoms. The Balaban J connectivity index is 1.91. The summed E-state index contributed by atoms with van der Waals surface area (Å²) in [7, 11) is 4.65. The van der Waals surface area contributed by atoms with Crippen molar-refractivity contribution >= 4 is 11.9 Å². The number of nitrogens with zero attached hydrogens (tertiary/aromatic N) is 4. The Morgan fingerprint density at radius 3 is 2.50 bits per heavy atom. The second-order valence-corrected chi connectivity index (χ2v) is 6.90. The summed E-state index contributed by atoms with van der Waals surface area (Å²) in [4.78, 5) is 24.4. The lowest BCUT2D eigenvalue weighted by molar-refractivity contribution is 0.0675. The van der Waals surface area contributed by atoms with Crippen molar-refractivity contribution in [2.24, 2.45) is 4.99 Å². The number of hydrogen-bond donors (Lipinski definition) is 1. The zero-order chi connectivity index (χ0) is 21.3. The van der Waals surface area contributed by atoms with Gasteiger partial charge in [0.25, 0.3) is 5.56 Å². The predicted octanol–water partition coefficient (Wildman–Crippen LogP) is 1.24. The van der Waals surface area contributed by atoms with Crippen molar-refractivity contribution in [2.75, 3.05) is 52.9 Å². The van der Waals surface area contributed by atoms with Crippen LogP contribution < -0.4 is 25.1 Å². The number of fused-ring (bicyclic) bond motifs is 1. The van der Waals surface area contributed by atoms with E-state index in [9.17, 15) is 4.79 Å². The van der Waals surface area contributed by atoms with Gasteiger partial charge in [-0.15, -0.1) is 0 Å². The highest BCUT2D eigenvalue weighted by molar-refractivity contribution is 5.93. The van der Waals surface area contributed by atoms with Crippen molar-refractivity contribution in [3.8, 4) is 17.2 Å². The number of guanidine groups is 1. The van der Waals surface area contributed by atoms with Crippen LogP contribution in [0.4, 0.5) is 5.95 Å². The first kappa shape index (κ1) is 20.0. The van der Waals surface area contributed by atoms with Crippen molar-refractivity contribution in [1.29, 1.82) is 0 Å². The second-order valence-electron chi connectivity index (χ2n) is 6.90. The number of anilines is 1. The molecule has 10 nitrogen and oxygen atoms in total. The minimum Gasteiger partial charge on any atom is -0.493 e. The van der Waals surface area contributed by atoms with Crippen LogP contribution in [0, 0.1) is 6.92 Å². The number of aryl methyl sites for hydroxylation is 1. The quantitative estimate of drug-likeness (QED) is 0.796. The van der Waals surface area contributed by atoms with E-state index < -0.39 is 6.17 Å². The molecule has 0 radical (unpaired) electrons. The molecule has 0 unspecified atom stereocenters.